The first-order chi connectivity index (χ1) is 14.0. The molecule has 29 heavy (non-hydrogen) atoms. The molecule has 156 valence electrons. The zero-order valence-electron chi connectivity index (χ0n) is 16.7. The van der Waals surface area contributed by atoms with Gasteiger partial charge in [0.15, 0.2) is 0 Å². The summed E-state index contributed by atoms with van der Waals surface area (Å²) < 4.78 is 6.25. The summed E-state index contributed by atoms with van der Waals surface area (Å²) in [5.41, 5.74) is 2.96. The summed E-state index contributed by atoms with van der Waals surface area (Å²) in [6.45, 7) is 5.56. The van der Waals surface area contributed by atoms with Crippen LogP contribution >= 0.6 is 11.3 Å². The van der Waals surface area contributed by atoms with Gasteiger partial charge < -0.3 is 20.1 Å². The van der Waals surface area contributed by atoms with Crippen LogP contribution in [0.1, 0.15) is 44.3 Å². The number of piperidine rings is 1. The van der Waals surface area contributed by atoms with Gasteiger partial charge in [0.05, 0.1) is 28.9 Å². The van der Waals surface area contributed by atoms with E-state index in [1.54, 1.807) is 11.3 Å². The van der Waals surface area contributed by atoms with Gasteiger partial charge in [-0.2, -0.15) is 5.10 Å². The van der Waals surface area contributed by atoms with Crippen molar-refractivity contribution in [3.05, 3.63) is 38.8 Å². The summed E-state index contributed by atoms with van der Waals surface area (Å²) >= 11 is 1.62. The Morgan fingerprint density at radius 1 is 1.38 bits per heavy atom. The van der Waals surface area contributed by atoms with Crippen LogP contribution in [0.4, 0.5) is 0 Å². The molecule has 5 heterocycles. The molecule has 0 saturated carbocycles. The van der Waals surface area contributed by atoms with Crippen molar-refractivity contribution in [3.63, 3.8) is 0 Å². The molecule has 1 spiro atoms. The number of aliphatic hydroxyl groups is 1. The fourth-order valence-corrected chi connectivity index (χ4v) is 6.19. The molecule has 2 aromatic rings. The van der Waals surface area contributed by atoms with Gasteiger partial charge in [-0.3, -0.25) is 9.89 Å². The Morgan fingerprint density at radius 3 is 2.97 bits per heavy atom. The van der Waals surface area contributed by atoms with Crippen LogP contribution < -0.4 is 5.32 Å². The first kappa shape index (κ1) is 19.2. The lowest BCUT2D eigenvalue weighted by Gasteiger charge is -2.40. The average Bonchev–Trinajstić information content (AvgIpc) is 3.42. The molecule has 3 aliphatic rings. The van der Waals surface area contributed by atoms with E-state index in [0.717, 1.165) is 55.2 Å². The number of aromatic nitrogens is 2. The van der Waals surface area contributed by atoms with Crippen LogP contribution in [0.3, 0.4) is 0 Å². The van der Waals surface area contributed by atoms with Crippen molar-refractivity contribution in [3.8, 4) is 0 Å². The average molecular weight is 417 g/mol. The minimum absolute atomic E-state index is 0.0235. The van der Waals surface area contributed by atoms with E-state index < -0.39 is 6.10 Å². The summed E-state index contributed by atoms with van der Waals surface area (Å²) in [4.78, 5) is 17.1. The van der Waals surface area contributed by atoms with E-state index in [2.05, 4.69) is 21.6 Å². The van der Waals surface area contributed by atoms with Crippen molar-refractivity contribution in [1.82, 2.24) is 20.4 Å². The van der Waals surface area contributed by atoms with Crippen molar-refractivity contribution in [1.29, 1.82) is 0 Å². The number of aryl methyl sites for hydroxylation is 1. The Hall–Kier alpha value is -1.74. The number of ether oxygens (including phenoxy) is 1. The van der Waals surface area contributed by atoms with Gasteiger partial charge in [0.2, 0.25) is 0 Å². The summed E-state index contributed by atoms with van der Waals surface area (Å²) in [6.07, 6.45) is 2.96. The zero-order valence-corrected chi connectivity index (χ0v) is 17.6. The molecule has 3 N–H and O–H groups in total. The maximum Gasteiger partial charge on any atom is 0.264 e. The molecule has 7 nitrogen and oxygen atoms in total. The zero-order chi connectivity index (χ0) is 20.0. The second kappa shape index (κ2) is 7.50. The predicted molar refractivity (Wildman–Crippen MR) is 110 cm³/mol. The van der Waals surface area contributed by atoms with Crippen LogP contribution in [0, 0.1) is 12.8 Å². The normalized spacial score (nSPS) is 26.1. The predicted octanol–water partition coefficient (Wildman–Crippen LogP) is 1.61. The van der Waals surface area contributed by atoms with E-state index >= 15 is 0 Å². The summed E-state index contributed by atoms with van der Waals surface area (Å²) in [7, 11) is 0. The Bertz CT molecular complexity index is 902. The van der Waals surface area contributed by atoms with Gasteiger partial charge in [0.25, 0.3) is 5.91 Å². The fraction of sp³-hybridized carbons (Fsp3) is 0.619. The molecule has 0 bridgehead atoms. The van der Waals surface area contributed by atoms with Crippen molar-refractivity contribution in [2.75, 3.05) is 32.8 Å². The number of amides is 1. The molecule has 1 amide bonds. The van der Waals surface area contributed by atoms with Gasteiger partial charge in [0.1, 0.15) is 0 Å². The molecule has 0 unspecified atom stereocenters. The molecule has 0 radical (unpaired) electrons. The first-order valence-corrected chi connectivity index (χ1v) is 11.3. The maximum atomic E-state index is 13.2. The number of carbonyl (C=O) groups excluding carboxylic acids is 1. The third kappa shape index (κ3) is 3.52. The molecular formula is C21H28N4O3S. The van der Waals surface area contributed by atoms with E-state index in [1.165, 1.54) is 10.4 Å². The number of likely N-dealkylation sites (tertiary alicyclic amines) is 1. The number of carbonyl (C=O) groups is 1. The molecular weight excluding hydrogens is 388 g/mol. The summed E-state index contributed by atoms with van der Waals surface area (Å²) in [5, 5.41) is 21.2. The Kier molecular flexibility index (Phi) is 4.98. The van der Waals surface area contributed by atoms with Crippen LogP contribution in [-0.4, -0.2) is 65.0 Å². The number of hydrogen-bond donors (Lipinski definition) is 3. The van der Waals surface area contributed by atoms with Gasteiger partial charge in [-0.25, -0.2) is 0 Å². The number of nitrogens with zero attached hydrogens (tertiary/aromatic N) is 2. The second-order valence-corrected chi connectivity index (χ2v) is 9.71. The maximum absolute atomic E-state index is 13.2. The monoisotopic (exact) mass is 416 g/mol. The van der Waals surface area contributed by atoms with Gasteiger partial charge >= 0.3 is 0 Å². The summed E-state index contributed by atoms with van der Waals surface area (Å²) in [5.74, 6) is 0.0589. The van der Waals surface area contributed by atoms with E-state index in [0.29, 0.717) is 19.5 Å². The van der Waals surface area contributed by atoms with Crippen LogP contribution in [0.25, 0.3) is 0 Å². The minimum Gasteiger partial charge on any atom is -0.391 e. The number of aliphatic hydroxyl groups excluding tert-OH is 1. The lowest BCUT2D eigenvalue weighted by molar-refractivity contribution is -0.0792. The number of aromatic amines is 1. The first-order valence-electron chi connectivity index (χ1n) is 10.5. The fourth-order valence-electron chi connectivity index (χ4n) is 4.99. The van der Waals surface area contributed by atoms with Gasteiger partial charge in [-0.15, -0.1) is 11.3 Å². The molecule has 0 aliphatic carbocycles. The number of fused-ring (bicyclic) bond motifs is 2. The second-order valence-electron chi connectivity index (χ2n) is 8.57. The van der Waals surface area contributed by atoms with Crippen LogP contribution in [0.5, 0.6) is 0 Å². The highest BCUT2D eigenvalue weighted by Gasteiger charge is 2.42. The smallest absolute Gasteiger partial charge is 0.264 e. The molecule has 2 saturated heterocycles. The van der Waals surface area contributed by atoms with E-state index in [-0.39, 0.29) is 17.4 Å². The van der Waals surface area contributed by atoms with Crippen molar-refractivity contribution in [2.24, 2.45) is 5.92 Å². The molecule has 2 fully saturated rings. The lowest BCUT2D eigenvalue weighted by Crippen LogP contribution is -2.44. The highest BCUT2D eigenvalue weighted by Crippen LogP contribution is 2.43. The number of H-pyrrole nitrogens is 1. The van der Waals surface area contributed by atoms with E-state index in [9.17, 15) is 9.90 Å². The van der Waals surface area contributed by atoms with Crippen LogP contribution in [-0.2, 0) is 23.2 Å². The van der Waals surface area contributed by atoms with Crippen LogP contribution in [0.2, 0.25) is 0 Å². The standard InChI is InChI=1S/C21H28N4O3S/c1-13-8-15(24-23-13)9-14-11-25(12-17(14)26)20(27)19-10-16-18(29-19)2-7-28-21(16)3-5-22-6-4-21/h8,10,14,17,22,26H,2-7,9,11-12H2,1H3,(H,23,24)/t14-,17+/m1/s1. The minimum atomic E-state index is -0.510. The number of rotatable bonds is 3. The largest absolute Gasteiger partial charge is 0.391 e. The third-order valence-electron chi connectivity index (χ3n) is 6.55. The summed E-state index contributed by atoms with van der Waals surface area (Å²) in [6, 6.07) is 4.08. The number of nitrogens with one attached hydrogen (secondary N) is 2. The Labute approximate surface area is 174 Å². The Morgan fingerprint density at radius 2 is 2.21 bits per heavy atom. The van der Waals surface area contributed by atoms with Crippen molar-refractivity contribution in [2.45, 2.75) is 44.3 Å². The van der Waals surface area contributed by atoms with Gasteiger partial charge in [-0.1, -0.05) is 0 Å². The molecule has 2 atom stereocenters. The van der Waals surface area contributed by atoms with Crippen molar-refractivity contribution >= 4 is 17.2 Å². The topological polar surface area (TPSA) is 90.5 Å². The van der Waals surface area contributed by atoms with E-state index in [4.69, 9.17) is 4.74 Å². The van der Waals surface area contributed by atoms with Crippen molar-refractivity contribution < 1.29 is 14.6 Å². The SMILES string of the molecule is Cc1cc(C[C@@H]2CN(C(=O)c3cc4c(s3)CCOC43CCNCC3)C[C@@H]2O)n[nH]1. The quantitative estimate of drug-likeness (QED) is 0.707. The molecule has 5 rings (SSSR count). The molecule has 2 aromatic heterocycles. The third-order valence-corrected chi connectivity index (χ3v) is 7.74. The highest BCUT2D eigenvalue weighted by atomic mass is 32.1. The van der Waals surface area contributed by atoms with Crippen LogP contribution in [0.15, 0.2) is 12.1 Å². The molecule has 3 aliphatic heterocycles. The molecule has 8 heteroatoms. The van der Waals surface area contributed by atoms with E-state index in [1.807, 2.05) is 17.9 Å². The highest BCUT2D eigenvalue weighted by molar-refractivity contribution is 7.14. The number of hydrogen-bond acceptors (Lipinski definition) is 6. The molecule has 0 aromatic carbocycles. The lowest BCUT2D eigenvalue weighted by atomic mass is 9.83. The number of thiophene rings is 1. The van der Waals surface area contributed by atoms with Gasteiger partial charge in [0, 0.05) is 36.0 Å². The Balaban J connectivity index is 1.32. The van der Waals surface area contributed by atoms with Gasteiger partial charge in [-0.05, 0) is 57.0 Å². The number of β-amino-alcohol motifs (C(OH)–C–C–N with tert-alkyl or cyclic N) is 1.